The molecule has 6 heteroatoms. The van der Waals surface area contributed by atoms with Gasteiger partial charge in [0.05, 0.1) is 35.8 Å². The molecule has 1 saturated heterocycles. The van der Waals surface area contributed by atoms with Crippen molar-refractivity contribution < 1.29 is 14.2 Å². The second kappa shape index (κ2) is 11.6. The van der Waals surface area contributed by atoms with Gasteiger partial charge in [0, 0.05) is 45.5 Å². The van der Waals surface area contributed by atoms with E-state index < -0.39 is 0 Å². The highest BCUT2D eigenvalue weighted by Gasteiger charge is 2.33. The summed E-state index contributed by atoms with van der Waals surface area (Å²) in [6, 6.07) is 4.39. The highest BCUT2D eigenvalue weighted by Crippen LogP contribution is 2.33. The van der Waals surface area contributed by atoms with Crippen molar-refractivity contribution >= 4 is 0 Å². The molecule has 1 saturated carbocycles. The molecule has 2 fully saturated rings. The van der Waals surface area contributed by atoms with E-state index in [4.69, 9.17) is 19.2 Å². The van der Waals surface area contributed by atoms with Crippen LogP contribution in [0.15, 0.2) is 18.3 Å². The SMILES string of the molecule is CC(Cc1ccc(CN2CCN(COC(C)(C)C)CC2)nc1)OCC1CC(OC(C)(C)C)C1. The van der Waals surface area contributed by atoms with Crippen LogP contribution < -0.4 is 0 Å². The Kier molecular flexibility index (Phi) is 9.32. The van der Waals surface area contributed by atoms with Crippen molar-refractivity contribution in [3.8, 4) is 0 Å². The molecule has 1 aliphatic heterocycles. The molecule has 33 heavy (non-hydrogen) atoms. The Hall–Kier alpha value is -1.05. The second-order valence-electron chi connectivity index (χ2n) is 12.0. The van der Waals surface area contributed by atoms with E-state index >= 15 is 0 Å². The number of nitrogens with zero attached hydrogens (tertiary/aromatic N) is 3. The number of pyridine rings is 1. The van der Waals surface area contributed by atoms with Crippen molar-refractivity contribution in [3.05, 3.63) is 29.6 Å². The molecule has 1 aromatic rings. The molecule has 0 bridgehead atoms. The molecule has 6 nitrogen and oxygen atoms in total. The summed E-state index contributed by atoms with van der Waals surface area (Å²) in [6.45, 7) is 21.6. The minimum absolute atomic E-state index is 0.0433. The maximum atomic E-state index is 6.12. The lowest BCUT2D eigenvalue weighted by atomic mass is 9.82. The summed E-state index contributed by atoms with van der Waals surface area (Å²) in [5.41, 5.74) is 2.27. The monoisotopic (exact) mass is 461 g/mol. The first-order valence-corrected chi connectivity index (χ1v) is 12.8. The Balaban J connectivity index is 1.30. The number of ether oxygens (including phenoxy) is 3. The van der Waals surface area contributed by atoms with Gasteiger partial charge >= 0.3 is 0 Å². The summed E-state index contributed by atoms with van der Waals surface area (Å²) in [5, 5.41) is 0. The Labute approximate surface area is 202 Å². The van der Waals surface area contributed by atoms with Crippen LogP contribution in [0.4, 0.5) is 0 Å². The van der Waals surface area contributed by atoms with Crippen LogP contribution in [-0.2, 0) is 27.2 Å². The molecule has 3 rings (SSSR count). The second-order valence-corrected chi connectivity index (χ2v) is 12.0. The van der Waals surface area contributed by atoms with E-state index in [0.29, 0.717) is 12.0 Å². The zero-order valence-electron chi connectivity index (χ0n) is 22.1. The first-order valence-electron chi connectivity index (χ1n) is 12.8. The van der Waals surface area contributed by atoms with E-state index in [0.717, 1.165) is 71.0 Å². The van der Waals surface area contributed by atoms with Gasteiger partial charge in [0.2, 0.25) is 0 Å². The highest BCUT2D eigenvalue weighted by molar-refractivity contribution is 5.15. The number of hydrogen-bond donors (Lipinski definition) is 0. The molecular formula is C27H47N3O3. The van der Waals surface area contributed by atoms with Crippen molar-refractivity contribution in [2.24, 2.45) is 5.92 Å². The van der Waals surface area contributed by atoms with Gasteiger partial charge < -0.3 is 14.2 Å². The van der Waals surface area contributed by atoms with Gasteiger partial charge in [0.15, 0.2) is 0 Å². The largest absolute Gasteiger partial charge is 0.378 e. The standard InChI is InChI=1S/C27H47N3O3/c1-21(31-19-23-15-25(16-23)33-27(5,6)7)14-22-8-9-24(28-17-22)18-29-10-12-30(13-11-29)20-32-26(2,3)4/h8-9,17,21,23,25H,10-16,18-20H2,1-7H3. The summed E-state index contributed by atoms with van der Waals surface area (Å²) < 4.78 is 18.1. The van der Waals surface area contributed by atoms with Gasteiger partial charge in [-0.05, 0) is 85.3 Å². The summed E-state index contributed by atoms with van der Waals surface area (Å²) in [4.78, 5) is 9.60. The van der Waals surface area contributed by atoms with Crippen LogP contribution in [0.2, 0.25) is 0 Å². The molecular weight excluding hydrogens is 414 g/mol. The third-order valence-electron chi connectivity index (χ3n) is 6.27. The lowest BCUT2D eigenvalue weighted by Gasteiger charge is -2.39. The van der Waals surface area contributed by atoms with Crippen LogP contribution in [0, 0.1) is 5.92 Å². The van der Waals surface area contributed by atoms with Crippen molar-refractivity contribution in [1.29, 1.82) is 0 Å². The number of piperazine rings is 1. The fourth-order valence-corrected chi connectivity index (χ4v) is 4.36. The zero-order chi connectivity index (χ0) is 24.1. The van der Waals surface area contributed by atoms with Crippen molar-refractivity contribution in [3.63, 3.8) is 0 Å². The molecule has 2 aliphatic rings. The third-order valence-corrected chi connectivity index (χ3v) is 6.27. The zero-order valence-corrected chi connectivity index (χ0v) is 22.1. The van der Waals surface area contributed by atoms with Crippen LogP contribution in [-0.4, -0.2) is 77.7 Å². The number of hydrogen-bond acceptors (Lipinski definition) is 6. The predicted molar refractivity (Wildman–Crippen MR) is 133 cm³/mol. The lowest BCUT2D eigenvalue weighted by molar-refractivity contribution is -0.126. The molecule has 0 aromatic carbocycles. The maximum absolute atomic E-state index is 6.12. The lowest BCUT2D eigenvalue weighted by Crippen LogP contribution is -2.47. The van der Waals surface area contributed by atoms with E-state index in [9.17, 15) is 0 Å². The smallest absolute Gasteiger partial charge is 0.0998 e. The molecule has 2 heterocycles. The van der Waals surface area contributed by atoms with E-state index in [-0.39, 0.29) is 17.3 Å². The van der Waals surface area contributed by atoms with Gasteiger partial charge in [0.25, 0.3) is 0 Å². The van der Waals surface area contributed by atoms with Gasteiger partial charge in [-0.2, -0.15) is 0 Å². The Morgan fingerprint density at radius 2 is 1.64 bits per heavy atom. The van der Waals surface area contributed by atoms with Crippen LogP contribution >= 0.6 is 0 Å². The van der Waals surface area contributed by atoms with Gasteiger partial charge in [-0.15, -0.1) is 0 Å². The molecule has 0 spiro atoms. The molecule has 0 amide bonds. The van der Waals surface area contributed by atoms with E-state index in [1.807, 2.05) is 6.20 Å². The van der Waals surface area contributed by atoms with Crippen LogP contribution in [0.25, 0.3) is 0 Å². The summed E-state index contributed by atoms with van der Waals surface area (Å²) in [7, 11) is 0. The average Bonchev–Trinajstić information content (AvgIpc) is 2.69. The van der Waals surface area contributed by atoms with Gasteiger partial charge in [-0.25, -0.2) is 0 Å². The van der Waals surface area contributed by atoms with Crippen LogP contribution in [0.1, 0.15) is 72.6 Å². The predicted octanol–water partition coefficient (Wildman–Crippen LogP) is 4.51. The first kappa shape index (κ1) is 26.6. The van der Waals surface area contributed by atoms with Gasteiger partial charge in [0.1, 0.15) is 0 Å². The minimum atomic E-state index is -0.0767. The van der Waals surface area contributed by atoms with Crippen molar-refractivity contribution in [2.45, 2.75) is 97.7 Å². The van der Waals surface area contributed by atoms with Crippen LogP contribution in [0.3, 0.4) is 0 Å². The molecule has 1 unspecified atom stereocenters. The quantitative estimate of drug-likeness (QED) is 0.511. The number of aromatic nitrogens is 1. The fraction of sp³-hybridized carbons (Fsp3) is 0.815. The molecule has 0 radical (unpaired) electrons. The number of rotatable bonds is 10. The van der Waals surface area contributed by atoms with E-state index in [1.165, 1.54) is 5.56 Å². The first-order chi connectivity index (χ1) is 15.4. The normalized spacial score (nSPS) is 24.0. The van der Waals surface area contributed by atoms with Crippen molar-refractivity contribution in [2.75, 3.05) is 39.5 Å². The Morgan fingerprint density at radius 3 is 2.21 bits per heavy atom. The van der Waals surface area contributed by atoms with Crippen molar-refractivity contribution in [1.82, 2.24) is 14.8 Å². The van der Waals surface area contributed by atoms with Gasteiger partial charge in [-0.1, -0.05) is 6.07 Å². The Morgan fingerprint density at radius 1 is 0.970 bits per heavy atom. The summed E-state index contributed by atoms with van der Waals surface area (Å²) >= 11 is 0. The topological polar surface area (TPSA) is 47.1 Å². The molecule has 0 N–H and O–H groups in total. The average molecular weight is 462 g/mol. The molecule has 1 aromatic heterocycles. The van der Waals surface area contributed by atoms with E-state index in [2.05, 4.69) is 70.4 Å². The molecule has 188 valence electrons. The summed E-state index contributed by atoms with van der Waals surface area (Å²) in [6.07, 6.45) is 5.80. The highest BCUT2D eigenvalue weighted by atomic mass is 16.5. The minimum Gasteiger partial charge on any atom is -0.378 e. The third kappa shape index (κ3) is 9.99. The van der Waals surface area contributed by atoms with Gasteiger partial charge in [-0.3, -0.25) is 14.8 Å². The maximum Gasteiger partial charge on any atom is 0.0998 e. The van der Waals surface area contributed by atoms with Crippen LogP contribution in [0.5, 0.6) is 0 Å². The van der Waals surface area contributed by atoms with E-state index in [1.54, 1.807) is 0 Å². The summed E-state index contributed by atoms with van der Waals surface area (Å²) in [5.74, 6) is 0.640. The Bertz CT molecular complexity index is 697. The molecule has 1 aliphatic carbocycles. The fourth-order valence-electron chi connectivity index (χ4n) is 4.36. The molecule has 1 atom stereocenters.